The number of ether oxygens (including phenoxy) is 1. The average Bonchev–Trinajstić information content (AvgIpc) is 2.23. The van der Waals surface area contributed by atoms with Gasteiger partial charge in [0.15, 0.2) is 0 Å². The van der Waals surface area contributed by atoms with Crippen LogP contribution in [0.15, 0.2) is 16.6 Å². The van der Waals surface area contributed by atoms with E-state index in [1.165, 1.54) is 0 Å². The fourth-order valence-electron chi connectivity index (χ4n) is 1.17. The molecule has 88 valence electrons. The molecule has 0 aliphatic heterocycles. The van der Waals surface area contributed by atoms with Gasteiger partial charge in [0.25, 0.3) is 0 Å². The van der Waals surface area contributed by atoms with Gasteiger partial charge in [-0.2, -0.15) is 0 Å². The van der Waals surface area contributed by atoms with Crippen molar-refractivity contribution in [2.24, 2.45) is 0 Å². The van der Waals surface area contributed by atoms with E-state index >= 15 is 0 Å². The molecule has 0 spiro atoms. The summed E-state index contributed by atoms with van der Waals surface area (Å²) in [7, 11) is 0. The Hall–Kier alpha value is -1.07. The third-order valence-corrected chi connectivity index (χ3v) is 2.72. The minimum atomic E-state index is -0.189. The van der Waals surface area contributed by atoms with Crippen LogP contribution in [0, 0.1) is 6.92 Å². The molecule has 0 saturated carbocycles. The van der Waals surface area contributed by atoms with Gasteiger partial charge < -0.3 is 15.8 Å². The molecule has 5 heteroatoms. The molecule has 0 aromatic heterocycles. The molecule has 0 saturated heterocycles. The van der Waals surface area contributed by atoms with Crippen LogP contribution in [-0.2, 0) is 9.53 Å². The van der Waals surface area contributed by atoms with Crippen molar-refractivity contribution in [3.8, 4) is 0 Å². The highest BCUT2D eigenvalue weighted by molar-refractivity contribution is 9.10. The highest BCUT2D eigenvalue weighted by Crippen LogP contribution is 2.27. The Morgan fingerprint density at radius 2 is 2.25 bits per heavy atom. The molecule has 1 rings (SSSR count). The fraction of sp³-hybridized carbons (Fsp3) is 0.364. The molecule has 16 heavy (non-hydrogen) atoms. The number of benzene rings is 1. The van der Waals surface area contributed by atoms with Gasteiger partial charge >= 0.3 is 0 Å². The summed E-state index contributed by atoms with van der Waals surface area (Å²) >= 11 is 3.37. The van der Waals surface area contributed by atoms with Crippen molar-refractivity contribution in [3.05, 3.63) is 22.2 Å². The lowest BCUT2D eigenvalue weighted by Crippen LogP contribution is -2.18. The first-order valence-electron chi connectivity index (χ1n) is 4.97. The van der Waals surface area contributed by atoms with Crippen LogP contribution in [0.1, 0.15) is 12.5 Å². The summed E-state index contributed by atoms with van der Waals surface area (Å²) in [6.45, 7) is 4.32. The number of amides is 1. The molecule has 0 unspecified atom stereocenters. The Morgan fingerprint density at radius 1 is 1.56 bits per heavy atom. The van der Waals surface area contributed by atoms with Crippen LogP contribution >= 0.6 is 15.9 Å². The molecule has 0 bridgehead atoms. The first-order valence-corrected chi connectivity index (χ1v) is 5.77. The normalized spacial score (nSPS) is 10.2. The zero-order valence-electron chi connectivity index (χ0n) is 9.34. The highest BCUT2D eigenvalue weighted by atomic mass is 79.9. The quantitative estimate of drug-likeness (QED) is 0.835. The number of rotatable bonds is 4. The van der Waals surface area contributed by atoms with E-state index in [0.717, 1.165) is 10.0 Å². The van der Waals surface area contributed by atoms with E-state index in [9.17, 15) is 4.79 Å². The summed E-state index contributed by atoms with van der Waals surface area (Å²) in [5.41, 5.74) is 8.04. The molecule has 0 aliphatic carbocycles. The number of nitrogens with two attached hydrogens (primary N) is 1. The maximum absolute atomic E-state index is 11.4. The molecule has 0 aliphatic rings. The van der Waals surface area contributed by atoms with Crippen LogP contribution in [0.2, 0.25) is 0 Å². The van der Waals surface area contributed by atoms with Crippen molar-refractivity contribution < 1.29 is 9.53 Å². The summed E-state index contributed by atoms with van der Waals surface area (Å²) in [6, 6.07) is 3.59. The number of nitrogen functional groups attached to an aromatic ring is 1. The molecule has 1 aromatic rings. The number of aryl methyl sites for hydroxylation is 1. The minimum absolute atomic E-state index is 0.0523. The van der Waals surface area contributed by atoms with E-state index in [1.807, 2.05) is 19.9 Å². The molecular formula is C11H15BrN2O2. The van der Waals surface area contributed by atoms with E-state index in [1.54, 1.807) is 6.07 Å². The molecule has 0 atom stereocenters. The summed E-state index contributed by atoms with van der Waals surface area (Å²) in [4.78, 5) is 11.4. The van der Waals surface area contributed by atoms with E-state index in [0.29, 0.717) is 18.0 Å². The first kappa shape index (κ1) is 13.0. The number of anilines is 2. The molecule has 4 nitrogen and oxygen atoms in total. The monoisotopic (exact) mass is 286 g/mol. The van der Waals surface area contributed by atoms with Crippen LogP contribution in [0.25, 0.3) is 0 Å². The van der Waals surface area contributed by atoms with Gasteiger partial charge in [-0.3, -0.25) is 4.79 Å². The van der Waals surface area contributed by atoms with Gasteiger partial charge in [-0.1, -0.05) is 0 Å². The van der Waals surface area contributed by atoms with Gasteiger partial charge in [0, 0.05) is 16.8 Å². The molecule has 1 aromatic carbocycles. The van der Waals surface area contributed by atoms with Crippen LogP contribution in [-0.4, -0.2) is 19.1 Å². The largest absolute Gasteiger partial charge is 0.398 e. The first-order chi connectivity index (χ1) is 7.54. The van der Waals surface area contributed by atoms with Crippen molar-refractivity contribution in [2.75, 3.05) is 24.3 Å². The lowest BCUT2D eigenvalue weighted by Gasteiger charge is -2.10. The summed E-state index contributed by atoms with van der Waals surface area (Å²) in [5.74, 6) is -0.189. The van der Waals surface area contributed by atoms with Crippen molar-refractivity contribution in [3.63, 3.8) is 0 Å². The van der Waals surface area contributed by atoms with E-state index in [-0.39, 0.29) is 12.5 Å². The summed E-state index contributed by atoms with van der Waals surface area (Å²) in [6.07, 6.45) is 0. The second-order valence-electron chi connectivity index (χ2n) is 3.37. The van der Waals surface area contributed by atoms with E-state index in [2.05, 4.69) is 21.2 Å². The number of hydrogen-bond acceptors (Lipinski definition) is 3. The fourth-order valence-corrected chi connectivity index (χ4v) is 1.72. The number of carbonyl (C=O) groups is 1. The lowest BCUT2D eigenvalue weighted by atomic mass is 10.2. The van der Waals surface area contributed by atoms with Crippen LogP contribution in [0.5, 0.6) is 0 Å². The SMILES string of the molecule is CCOCC(=O)Nc1cc(N)c(C)cc1Br. The van der Waals surface area contributed by atoms with Crippen molar-refractivity contribution >= 4 is 33.2 Å². The average molecular weight is 287 g/mol. The Labute approximate surface area is 103 Å². The van der Waals surface area contributed by atoms with Gasteiger partial charge in [-0.05, 0) is 47.5 Å². The standard InChI is InChI=1S/C11H15BrN2O2/c1-3-16-6-11(15)14-10-5-9(13)7(2)4-8(10)12/h4-5H,3,6,13H2,1-2H3,(H,14,15). The van der Waals surface area contributed by atoms with Crippen LogP contribution in [0.4, 0.5) is 11.4 Å². The maximum Gasteiger partial charge on any atom is 0.250 e. The van der Waals surface area contributed by atoms with Crippen molar-refractivity contribution in [2.45, 2.75) is 13.8 Å². The minimum Gasteiger partial charge on any atom is -0.398 e. The van der Waals surface area contributed by atoms with Gasteiger partial charge in [0.1, 0.15) is 6.61 Å². The highest BCUT2D eigenvalue weighted by Gasteiger charge is 2.07. The second kappa shape index (κ2) is 5.86. The number of halogens is 1. The van der Waals surface area contributed by atoms with Gasteiger partial charge in [-0.25, -0.2) is 0 Å². The molecule has 0 fully saturated rings. The summed E-state index contributed by atoms with van der Waals surface area (Å²) < 4.78 is 5.81. The Balaban J connectivity index is 2.73. The van der Waals surface area contributed by atoms with Gasteiger partial charge in [0.05, 0.1) is 5.69 Å². The van der Waals surface area contributed by atoms with Crippen molar-refractivity contribution in [1.82, 2.24) is 0 Å². The Bertz CT molecular complexity index is 394. The maximum atomic E-state index is 11.4. The number of carbonyl (C=O) groups excluding carboxylic acids is 1. The zero-order valence-corrected chi connectivity index (χ0v) is 10.9. The van der Waals surface area contributed by atoms with Gasteiger partial charge in [-0.15, -0.1) is 0 Å². The third kappa shape index (κ3) is 3.50. The molecular weight excluding hydrogens is 272 g/mol. The molecule has 3 N–H and O–H groups in total. The third-order valence-electron chi connectivity index (χ3n) is 2.07. The van der Waals surface area contributed by atoms with Crippen molar-refractivity contribution in [1.29, 1.82) is 0 Å². The zero-order chi connectivity index (χ0) is 12.1. The number of nitrogens with one attached hydrogen (secondary N) is 1. The Morgan fingerprint density at radius 3 is 2.88 bits per heavy atom. The number of hydrogen-bond donors (Lipinski definition) is 2. The Kier molecular flexibility index (Phi) is 4.76. The van der Waals surface area contributed by atoms with Crippen LogP contribution < -0.4 is 11.1 Å². The van der Waals surface area contributed by atoms with Crippen LogP contribution in [0.3, 0.4) is 0 Å². The van der Waals surface area contributed by atoms with Gasteiger partial charge in [0.2, 0.25) is 5.91 Å². The predicted molar refractivity (Wildman–Crippen MR) is 68.4 cm³/mol. The van der Waals surface area contributed by atoms with E-state index < -0.39 is 0 Å². The summed E-state index contributed by atoms with van der Waals surface area (Å²) in [5, 5.41) is 2.72. The lowest BCUT2D eigenvalue weighted by molar-refractivity contribution is -0.120. The molecule has 0 heterocycles. The smallest absolute Gasteiger partial charge is 0.250 e. The second-order valence-corrected chi connectivity index (χ2v) is 4.23. The topological polar surface area (TPSA) is 64.3 Å². The molecule has 0 radical (unpaired) electrons. The molecule has 1 amide bonds. The van der Waals surface area contributed by atoms with E-state index in [4.69, 9.17) is 10.5 Å². The predicted octanol–water partition coefficient (Wildman–Crippen LogP) is 2.31.